The molecule has 0 aliphatic rings. The molecule has 3 aromatic carbocycles. The van der Waals surface area contributed by atoms with Gasteiger partial charge in [-0.25, -0.2) is 4.98 Å². The summed E-state index contributed by atoms with van der Waals surface area (Å²) in [7, 11) is 0. The molecule has 30 heavy (non-hydrogen) atoms. The number of nitrogens with zero attached hydrogens (tertiary/aromatic N) is 1. The van der Waals surface area contributed by atoms with Gasteiger partial charge in [0.15, 0.2) is 0 Å². The fraction of sp³-hybridized carbons (Fsp3) is 0.222. The maximum absolute atomic E-state index is 11.0. The summed E-state index contributed by atoms with van der Waals surface area (Å²) in [6, 6.07) is 22.4. The highest BCUT2D eigenvalue weighted by molar-refractivity contribution is 5.94. The molecular weight excluding hydrogens is 368 g/mol. The lowest BCUT2D eigenvalue weighted by Crippen LogP contribution is -2.11. The molecule has 1 aromatic heterocycles. The number of aryl methyl sites for hydroxylation is 2. The fourth-order valence-electron chi connectivity index (χ4n) is 3.90. The third-order valence-corrected chi connectivity index (χ3v) is 5.58. The molecule has 0 amide bonds. The van der Waals surface area contributed by atoms with E-state index in [1.54, 1.807) is 0 Å². The van der Waals surface area contributed by atoms with Crippen LogP contribution in [0, 0.1) is 13.8 Å². The van der Waals surface area contributed by atoms with E-state index in [0.717, 1.165) is 39.1 Å². The molecule has 3 heteroatoms. The number of hydrogen-bond acceptors (Lipinski definition) is 3. The highest BCUT2D eigenvalue weighted by Gasteiger charge is 2.21. The highest BCUT2D eigenvalue weighted by Crippen LogP contribution is 2.38. The zero-order chi connectivity index (χ0) is 21.5. The van der Waals surface area contributed by atoms with Crippen LogP contribution in [0.4, 0.5) is 11.4 Å². The molecule has 0 atom stereocenters. The summed E-state index contributed by atoms with van der Waals surface area (Å²) in [4.78, 5) is 4.96. The van der Waals surface area contributed by atoms with Gasteiger partial charge in [0.25, 0.3) is 0 Å². The molecule has 0 radical (unpaired) electrons. The maximum atomic E-state index is 11.0. The molecular formula is C27H28N2O. The quantitative estimate of drug-likeness (QED) is 0.383. The topological polar surface area (TPSA) is 45.1 Å². The van der Waals surface area contributed by atoms with E-state index < -0.39 is 0 Å². The van der Waals surface area contributed by atoms with Crippen molar-refractivity contribution in [2.75, 3.05) is 5.32 Å². The molecule has 0 bridgehead atoms. The zero-order valence-corrected chi connectivity index (χ0v) is 18.2. The summed E-state index contributed by atoms with van der Waals surface area (Å²) < 4.78 is 0. The summed E-state index contributed by atoms with van der Waals surface area (Å²) in [5.74, 6) is 0.303. The van der Waals surface area contributed by atoms with Crippen LogP contribution < -0.4 is 5.32 Å². The van der Waals surface area contributed by atoms with Crippen LogP contribution in [0.1, 0.15) is 37.5 Å². The number of phenols is 1. The van der Waals surface area contributed by atoms with Gasteiger partial charge in [-0.1, -0.05) is 69.3 Å². The third-order valence-electron chi connectivity index (χ3n) is 5.58. The molecule has 0 saturated heterocycles. The first-order valence-corrected chi connectivity index (χ1v) is 10.3. The van der Waals surface area contributed by atoms with Crippen LogP contribution in [-0.4, -0.2) is 10.1 Å². The lowest BCUT2D eigenvalue weighted by Gasteiger charge is -2.22. The molecule has 0 fully saturated rings. The summed E-state index contributed by atoms with van der Waals surface area (Å²) in [6.45, 7) is 10.5. The third kappa shape index (κ3) is 3.63. The Hall–Kier alpha value is -3.33. The van der Waals surface area contributed by atoms with Gasteiger partial charge in [0.1, 0.15) is 5.75 Å². The minimum atomic E-state index is -0.147. The standard InChI is InChI=1S/C27H28N2O/c1-17-9-6-10-18(2)24(17)29-23-14-7-11-19-15-16-22(28-25(19)23)20-12-8-13-21(26(20)30)27(3,4)5/h6-16,29-30H,1-5H3. The van der Waals surface area contributed by atoms with Gasteiger partial charge in [0.2, 0.25) is 0 Å². The zero-order valence-electron chi connectivity index (χ0n) is 18.2. The van der Waals surface area contributed by atoms with Crippen LogP contribution in [0.25, 0.3) is 22.2 Å². The predicted molar refractivity (Wildman–Crippen MR) is 127 cm³/mol. The van der Waals surface area contributed by atoms with Crippen molar-refractivity contribution < 1.29 is 5.11 Å². The van der Waals surface area contributed by atoms with E-state index in [1.165, 1.54) is 11.1 Å². The predicted octanol–water partition coefficient (Wildman–Crippen LogP) is 7.27. The first kappa shape index (κ1) is 20.0. The van der Waals surface area contributed by atoms with Crippen LogP contribution in [0.5, 0.6) is 5.75 Å². The first-order valence-electron chi connectivity index (χ1n) is 10.3. The summed E-state index contributed by atoms with van der Waals surface area (Å²) in [5, 5.41) is 15.6. The Morgan fingerprint density at radius 3 is 2.17 bits per heavy atom. The number of phenolic OH excluding ortho intramolecular Hbond substituents is 1. The number of anilines is 2. The lowest BCUT2D eigenvalue weighted by atomic mass is 9.85. The van der Waals surface area contributed by atoms with Crippen LogP contribution in [0.15, 0.2) is 66.7 Å². The fourth-order valence-corrected chi connectivity index (χ4v) is 3.90. The maximum Gasteiger partial charge on any atom is 0.128 e. The van der Waals surface area contributed by atoms with Gasteiger partial charge in [-0.3, -0.25) is 0 Å². The SMILES string of the molecule is Cc1cccc(C)c1Nc1cccc2ccc(-c3cccc(C(C)(C)C)c3O)nc12. The van der Waals surface area contributed by atoms with Gasteiger partial charge < -0.3 is 10.4 Å². The van der Waals surface area contributed by atoms with E-state index in [1.807, 2.05) is 30.3 Å². The molecule has 0 spiro atoms. The van der Waals surface area contributed by atoms with Crippen molar-refractivity contribution in [2.24, 2.45) is 0 Å². The Bertz CT molecular complexity index is 1220. The van der Waals surface area contributed by atoms with E-state index in [0.29, 0.717) is 5.75 Å². The second kappa shape index (κ2) is 7.49. The lowest BCUT2D eigenvalue weighted by molar-refractivity contribution is 0.448. The van der Waals surface area contributed by atoms with Gasteiger partial charge >= 0.3 is 0 Å². The Morgan fingerprint density at radius 1 is 0.800 bits per heavy atom. The minimum Gasteiger partial charge on any atom is -0.507 e. The van der Waals surface area contributed by atoms with Crippen LogP contribution in [-0.2, 0) is 5.41 Å². The van der Waals surface area contributed by atoms with Crippen molar-refractivity contribution in [3.63, 3.8) is 0 Å². The molecule has 2 N–H and O–H groups in total. The van der Waals surface area contributed by atoms with E-state index >= 15 is 0 Å². The normalized spacial score (nSPS) is 11.6. The van der Waals surface area contributed by atoms with Crippen LogP contribution >= 0.6 is 0 Å². The number of aromatic nitrogens is 1. The Balaban J connectivity index is 1.85. The van der Waals surface area contributed by atoms with Gasteiger partial charge in [0.05, 0.1) is 16.9 Å². The Morgan fingerprint density at radius 2 is 1.47 bits per heavy atom. The average molecular weight is 397 g/mol. The van der Waals surface area contributed by atoms with Gasteiger partial charge in [-0.15, -0.1) is 0 Å². The van der Waals surface area contributed by atoms with Crippen LogP contribution in [0.2, 0.25) is 0 Å². The van der Waals surface area contributed by atoms with Gasteiger partial charge in [-0.05, 0) is 54.2 Å². The van der Waals surface area contributed by atoms with Crippen molar-refractivity contribution in [1.29, 1.82) is 0 Å². The summed E-state index contributed by atoms with van der Waals surface area (Å²) >= 11 is 0. The number of pyridine rings is 1. The molecule has 0 saturated carbocycles. The van der Waals surface area contributed by atoms with Crippen LogP contribution in [0.3, 0.4) is 0 Å². The second-order valence-corrected chi connectivity index (χ2v) is 8.92. The number of benzene rings is 3. The number of rotatable bonds is 3. The first-order chi connectivity index (χ1) is 14.3. The number of para-hydroxylation sites is 3. The molecule has 4 aromatic rings. The van der Waals surface area contributed by atoms with Crippen molar-refractivity contribution >= 4 is 22.3 Å². The summed E-state index contributed by atoms with van der Waals surface area (Å²) in [6.07, 6.45) is 0. The number of nitrogens with one attached hydrogen (secondary N) is 1. The number of fused-ring (bicyclic) bond motifs is 1. The van der Waals surface area contributed by atoms with Crippen molar-refractivity contribution in [2.45, 2.75) is 40.0 Å². The molecule has 1 heterocycles. The molecule has 0 aliphatic carbocycles. The summed E-state index contributed by atoms with van der Waals surface area (Å²) in [5.41, 5.74) is 7.63. The molecule has 0 unspecified atom stereocenters. The average Bonchev–Trinajstić information content (AvgIpc) is 2.70. The van der Waals surface area contributed by atoms with E-state index in [2.05, 4.69) is 76.3 Å². The smallest absolute Gasteiger partial charge is 0.128 e. The Labute approximate surface area is 178 Å². The Kier molecular flexibility index (Phi) is 4.98. The molecule has 0 aliphatic heterocycles. The van der Waals surface area contributed by atoms with E-state index in [-0.39, 0.29) is 5.41 Å². The van der Waals surface area contributed by atoms with E-state index in [4.69, 9.17) is 4.98 Å². The molecule has 3 nitrogen and oxygen atoms in total. The van der Waals surface area contributed by atoms with E-state index in [9.17, 15) is 5.11 Å². The second-order valence-electron chi connectivity index (χ2n) is 8.92. The monoisotopic (exact) mass is 396 g/mol. The van der Waals surface area contributed by atoms with Crippen molar-refractivity contribution in [3.05, 3.63) is 83.4 Å². The highest BCUT2D eigenvalue weighted by atomic mass is 16.3. The van der Waals surface area contributed by atoms with Gasteiger partial charge in [-0.2, -0.15) is 0 Å². The molecule has 4 rings (SSSR count). The van der Waals surface area contributed by atoms with Gasteiger partial charge in [0, 0.05) is 16.6 Å². The molecule has 152 valence electrons. The number of aromatic hydroxyl groups is 1. The van der Waals surface area contributed by atoms with Crippen molar-refractivity contribution in [3.8, 4) is 17.0 Å². The van der Waals surface area contributed by atoms with Crippen molar-refractivity contribution in [1.82, 2.24) is 4.98 Å². The number of hydrogen-bond donors (Lipinski definition) is 2. The largest absolute Gasteiger partial charge is 0.507 e. The minimum absolute atomic E-state index is 0.147.